The number of hydrogen-bond donors (Lipinski definition) is 0. The molecule has 0 saturated carbocycles. The molecule has 0 saturated heterocycles. The lowest BCUT2D eigenvalue weighted by Crippen LogP contribution is -2.19. The molecule has 2 unspecified atom stereocenters. The molecule has 0 amide bonds. The van der Waals surface area contributed by atoms with Crippen molar-refractivity contribution < 1.29 is 0 Å². The summed E-state index contributed by atoms with van der Waals surface area (Å²) in [6.45, 7) is 2.28. The van der Waals surface area contributed by atoms with Gasteiger partial charge < -0.3 is 4.57 Å². The second kappa shape index (κ2) is 12.1. The lowest BCUT2D eigenvalue weighted by atomic mass is 9.76. The summed E-state index contributed by atoms with van der Waals surface area (Å²) in [6, 6.07) is 50.0. The van der Waals surface area contributed by atoms with Crippen LogP contribution in [0.3, 0.4) is 0 Å². The Bertz CT molecular complexity index is 3140. The van der Waals surface area contributed by atoms with Crippen molar-refractivity contribution in [2.24, 2.45) is 11.8 Å². The van der Waals surface area contributed by atoms with E-state index in [9.17, 15) is 0 Å². The van der Waals surface area contributed by atoms with Crippen LogP contribution in [0, 0.1) is 11.8 Å². The molecule has 2 aromatic heterocycles. The molecule has 0 N–H and O–H groups in total. The van der Waals surface area contributed by atoms with E-state index in [4.69, 9.17) is 15.0 Å². The van der Waals surface area contributed by atoms with Crippen molar-refractivity contribution in [3.05, 3.63) is 187 Å². The fraction of sp³-hybridized carbons (Fsp3) is 0.0600. The third-order valence-electron chi connectivity index (χ3n) is 11.4. The molecule has 2 heterocycles. The summed E-state index contributed by atoms with van der Waals surface area (Å²) in [7, 11) is 0. The zero-order valence-corrected chi connectivity index (χ0v) is 29.7. The highest BCUT2D eigenvalue weighted by Crippen LogP contribution is 2.41. The summed E-state index contributed by atoms with van der Waals surface area (Å²) >= 11 is 0. The number of aromatic nitrogens is 4. The van der Waals surface area contributed by atoms with Gasteiger partial charge in [-0.25, -0.2) is 15.0 Å². The molecule has 254 valence electrons. The number of rotatable bonds is 4. The number of fused-ring (bicyclic) bond motifs is 7. The van der Waals surface area contributed by atoms with Gasteiger partial charge in [0.2, 0.25) is 0 Å². The molecule has 0 bridgehead atoms. The topological polar surface area (TPSA) is 43.6 Å². The van der Waals surface area contributed by atoms with Crippen molar-refractivity contribution in [1.29, 1.82) is 0 Å². The summed E-state index contributed by atoms with van der Waals surface area (Å²) in [5, 5.41) is 9.53. The maximum Gasteiger partial charge on any atom is 0.164 e. The first-order valence-electron chi connectivity index (χ1n) is 18.6. The molecule has 2 aliphatic rings. The van der Waals surface area contributed by atoms with E-state index < -0.39 is 0 Å². The molecular formula is C50H34N4. The molecule has 7 aromatic carbocycles. The Morgan fingerprint density at radius 2 is 1.20 bits per heavy atom. The van der Waals surface area contributed by atoms with Crippen LogP contribution in [0.15, 0.2) is 182 Å². The first-order valence-corrected chi connectivity index (χ1v) is 18.6. The van der Waals surface area contributed by atoms with Crippen molar-refractivity contribution in [1.82, 2.24) is 19.5 Å². The molecular weight excluding hydrogens is 657 g/mol. The van der Waals surface area contributed by atoms with Gasteiger partial charge in [-0.15, -0.1) is 0 Å². The molecule has 54 heavy (non-hydrogen) atoms. The number of nitrogens with zero attached hydrogens (tertiary/aromatic N) is 4. The lowest BCUT2D eigenvalue weighted by molar-refractivity contribution is 0.595. The molecule has 0 fully saturated rings. The Morgan fingerprint density at radius 1 is 0.500 bits per heavy atom. The molecule has 9 aromatic rings. The minimum atomic E-state index is 0.205. The van der Waals surface area contributed by atoms with Crippen molar-refractivity contribution in [3.63, 3.8) is 0 Å². The first kappa shape index (κ1) is 30.7. The maximum absolute atomic E-state index is 5.31. The summed E-state index contributed by atoms with van der Waals surface area (Å²) in [5.41, 5.74) is 7.87. The largest absolute Gasteiger partial charge is 0.309 e. The number of hydrogen-bond acceptors (Lipinski definition) is 3. The van der Waals surface area contributed by atoms with Gasteiger partial charge in [0.05, 0.1) is 16.7 Å². The van der Waals surface area contributed by atoms with Gasteiger partial charge in [0.15, 0.2) is 17.5 Å². The quantitative estimate of drug-likeness (QED) is 0.185. The van der Waals surface area contributed by atoms with E-state index in [0.717, 1.165) is 44.4 Å². The predicted molar refractivity (Wildman–Crippen MR) is 225 cm³/mol. The van der Waals surface area contributed by atoms with E-state index in [1.807, 2.05) is 0 Å². The standard InChI is InChI=1S/C50H34N4/c1-31-38-17-7-6-13-33(38)26-27-39(31)49-51-48(37-25-24-32-12-2-3-14-34(32)28-37)52-50(53-49)43-21-10-20-41-40(43)19-11-23-46(41)54-45-22-9-8-18-42(45)44-29-35-15-4-5-16-36(35)30-47(44)54/h2-31,38H,1H3. The Kier molecular flexibility index (Phi) is 6.86. The van der Waals surface area contributed by atoms with E-state index in [2.05, 4.69) is 187 Å². The second-order valence-corrected chi connectivity index (χ2v) is 14.5. The van der Waals surface area contributed by atoms with Crippen molar-refractivity contribution in [2.45, 2.75) is 6.92 Å². The highest BCUT2D eigenvalue weighted by molar-refractivity contribution is 6.15. The van der Waals surface area contributed by atoms with Crippen molar-refractivity contribution in [3.8, 4) is 28.5 Å². The maximum atomic E-state index is 5.31. The summed E-state index contributed by atoms with van der Waals surface area (Å²) < 4.78 is 2.42. The fourth-order valence-electron chi connectivity index (χ4n) is 8.69. The van der Waals surface area contributed by atoms with E-state index in [1.54, 1.807) is 0 Å². The molecule has 2 atom stereocenters. The van der Waals surface area contributed by atoms with Crippen LogP contribution >= 0.6 is 0 Å². The Hall–Kier alpha value is -6.91. The van der Waals surface area contributed by atoms with Crippen molar-refractivity contribution in [2.75, 3.05) is 0 Å². The molecule has 0 aliphatic heterocycles. The molecule has 0 spiro atoms. The van der Waals surface area contributed by atoms with E-state index >= 15 is 0 Å². The van der Waals surface area contributed by atoms with E-state index in [1.165, 1.54) is 43.5 Å². The number of allylic oxidation sites excluding steroid dienone is 8. The monoisotopic (exact) mass is 690 g/mol. The zero-order chi connectivity index (χ0) is 35.8. The van der Waals surface area contributed by atoms with Gasteiger partial charge in [0.25, 0.3) is 0 Å². The number of benzene rings is 7. The van der Waals surface area contributed by atoms with Crippen LogP contribution in [0.1, 0.15) is 12.7 Å². The van der Waals surface area contributed by atoms with Crippen LogP contribution in [-0.4, -0.2) is 19.5 Å². The molecule has 11 rings (SSSR count). The van der Waals surface area contributed by atoms with Crippen LogP contribution < -0.4 is 0 Å². The lowest BCUT2D eigenvalue weighted by Gasteiger charge is -2.29. The fourth-order valence-corrected chi connectivity index (χ4v) is 8.69. The third kappa shape index (κ3) is 4.80. The van der Waals surface area contributed by atoms with Gasteiger partial charge in [-0.3, -0.25) is 0 Å². The van der Waals surface area contributed by atoms with Crippen molar-refractivity contribution >= 4 is 59.7 Å². The molecule has 0 radical (unpaired) electrons. The minimum absolute atomic E-state index is 0.205. The van der Waals surface area contributed by atoms with Crippen LogP contribution in [-0.2, 0) is 0 Å². The summed E-state index contributed by atoms with van der Waals surface area (Å²) in [4.78, 5) is 15.8. The Balaban J connectivity index is 1.14. The van der Waals surface area contributed by atoms with Gasteiger partial charge >= 0.3 is 0 Å². The summed E-state index contributed by atoms with van der Waals surface area (Å²) in [5.74, 6) is 2.54. The molecule has 2 aliphatic carbocycles. The van der Waals surface area contributed by atoms with Crippen LogP contribution in [0.25, 0.3) is 88.2 Å². The van der Waals surface area contributed by atoms with Gasteiger partial charge in [-0.1, -0.05) is 153 Å². The van der Waals surface area contributed by atoms with Gasteiger partial charge in [-0.2, -0.15) is 0 Å². The first-order chi connectivity index (χ1) is 26.7. The predicted octanol–water partition coefficient (Wildman–Crippen LogP) is 12.5. The normalized spacial score (nSPS) is 16.7. The zero-order valence-electron chi connectivity index (χ0n) is 29.7. The Labute approximate surface area is 312 Å². The number of para-hydroxylation sites is 1. The molecule has 4 heteroatoms. The Morgan fingerprint density at radius 3 is 2.09 bits per heavy atom. The van der Waals surface area contributed by atoms with Gasteiger partial charge in [-0.05, 0) is 68.8 Å². The smallest absolute Gasteiger partial charge is 0.164 e. The van der Waals surface area contributed by atoms with E-state index in [-0.39, 0.29) is 11.8 Å². The van der Waals surface area contributed by atoms with Gasteiger partial charge in [0, 0.05) is 38.8 Å². The minimum Gasteiger partial charge on any atom is -0.309 e. The van der Waals surface area contributed by atoms with Gasteiger partial charge in [0.1, 0.15) is 0 Å². The average molecular weight is 691 g/mol. The average Bonchev–Trinajstić information content (AvgIpc) is 3.55. The SMILES string of the molecule is CC1C(c2nc(-c3ccc4ccccc4c3)nc(-c3cccc4c(-n5c6ccccc6c6cc7ccccc7cc65)cccc34)n2)=CC=C2C=CC=CC21. The van der Waals surface area contributed by atoms with Crippen LogP contribution in [0.4, 0.5) is 0 Å². The van der Waals surface area contributed by atoms with Crippen LogP contribution in [0.2, 0.25) is 0 Å². The van der Waals surface area contributed by atoms with Crippen LogP contribution in [0.5, 0.6) is 0 Å². The van der Waals surface area contributed by atoms with E-state index in [0.29, 0.717) is 11.6 Å². The highest BCUT2D eigenvalue weighted by Gasteiger charge is 2.28. The summed E-state index contributed by atoms with van der Waals surface area (Å²) in [6.07, 6.45) is 13.2. The third-order valence-corrected chi connectivity index (χ3v) is 11.4. The molecule has 4 nitrogen and oxygen atoms in total. The highest BCUT2D eigenvalue weighted by atomic mass is 15.0. The second-order valence-electron chi connectivity index (χ2n) is 14.5.